The first-order valence-corrected chi connectivity index (χ1v) is 8.32. The molecule has 0 fully saturated rings. The number of halogens is 1. The average Bonchev–Trinajstić information content (AvgIpc) is 2.79. The maximum absolute atomic E-state index is 14.6. The summed E-state index contributed by atoms with van der Waals surface area (Å²) in [5.41, 5.74) is 0.456. The van der Waals surface area contributed by atoms with E-state index in [9.17, 15) is 17.6 Å². The van der Waals surface area contributed by atoms with Crippen LogP contribution in [0.1, 0.15) is 21.5 Å². The quantitative estimate of drug-likeness (QED) is 0.693. The Balaban J connectivity index is 2.48. The van der Waals surface area contributed by atoms with E-state index in [0.29, 0.717) is 11.1 Å². The van der Waals surface area contributed by atoms with Crippen LogP contribution in [0.3, 0.4) is 0 Å². The number of rotatable bonds is 3. The normalized spacial score (nSPS) is 12.4. The first kappa shape index (κ1) is 15.1. The van der Waals surface area contributed by atoms with Crippen molar-refractivity contribution >= 4 is 15.6 Å². The molecule has 23 heavy (non-hydrogen) atoms. The van der Waals surface area contributed by atoms with Crippen molar-refractivity contribution < 1.29 is 17.6 Å². The summed E-state index contributed by atoms with van der Waals surface area (Å²) in [4.78, 5) is 11.9. The highest BCUT2D eigenvalue weighted by Gasteiger charge is 2.36. The second kappa shape index (κ2) is 5.14. The largest absolute Gasteiger partial charge is 0.289 e. The lowest BCUT2D eigenvalue weighted by atomic mass is 10.0. The fourth-order valence-electron chi connectivity index (χ4n) is 2.73. The Morgan fingerprint density at radius 1 is 1.22 bits per heavy atom. The Labute approximate surface area is 132 Å². The molecule has 0 atom stereocenters. The van der Waals surface area contributed by atoms with Crippen molar-refractivity contribution in [1.29, 1.82) is 5.26 Å². The first-order valence-electron chi connectivity index (χ1n) is 6.66. The molecule has 0 aliphatic heterocycles. The molecule has 0 heterocycles. The van der Waals surface area contributed by atoms with Crippen LogP contribution in [0.5, 0.6) is 0 Å². The zero-order chi connectivity index (χ0) is 16.8. The van der Waals surface area contributed by atoms with Gasteiger partial charge in [0, 0.05) is 5.56 Å². The van der Waals surface area contributed by atoms with E-state index in [4.69, 9.17) is 5.26 Å². The van der Waals surface area contributed by atoms with Gasteiger partial charge in [0.25, 0.3) is 0 Å². The summed E-state index contributed by atoms with van der Waals surface area (Å²) < 4.78 is 39.4. The average molecular weight is 327 g/mol. The molecular weight excluding hydrogens is 317 g/mol. The molecule has 0 amide bonds. The molecule has 0 bridgehead atoms. The number of fused-ring (bicyclic) bond motifs is 3. The van der Waals surface area contributed by atoms with Crippen molar-refractivity contribution in [2.75, 3.05) is 5.75 Å². The van der Waals surface area contributed by atoms with Gasteiger partial charge in [-0.05, 0) is 17.2 Å². The Hall–Kier alpha value is -2.78. The van der Waals surface area contributed by atoms with Crippen LogP contribution in [-0.4, -0.2) is 20.0 Å². The molecule has 0 radical (unpaired) electrons. The maximum atomic E-state index is 14.6. The third-order valence-electron chi connectivity index (χ3n) is 3.68. The van der Waals surface area contributed by atoms with Gasteiger partial charge in [0.1, 0.15) is 11.0 Å². The topological polar surface area (TPSA) is 75.0 Å². The molecule has 3 rings (SSSR count). The van der Waals surface area contributed by atoms with Gasteiger partial charge in [0.05, 0.1) is 16.9 Å². The SMILES string of the molecule is C=CCS(=O)(=O)c1c(F)c(C#N)cc2c1C(=O)c1ccccc1-2. The van der Waals surface area contributed by atoms with Crippen molar-refractivity contribution in [1.82, 2.24) is 0 Å². The van der Waals surface area contributed by atoms with Crippen molar-refractivity contribution in [3.8, 4) is 17.2 Å². The van der Waals surface area contributed by atoms with Gasteiger partial charge in [-0.1, -0.05) is 30.3 Å². The van der Waals surface area contributed by atoms with Crippen LogP contribution in [0.2, 0.25) is 0 Å². The number of nitrogens with zero attached hydrogens (tertiary/aromatic N) is 1. The Morgan fingerprint density at radius 2 is 1.87 bits per heavy atom. The van der Waals surface area contributed by atoms with Crippen LogP contribution in [0.15, 0.2) is 47.9 Å². The highest BCUT2D eigenvalue weighted by Crippen LogP contribution is 2.42. The van der Waals surface area contributed by atoms with E-state index in [1.165, 1.54) is 6.07 Å². The summed E-state index contributed by atoms with van der Waals surface area (Å²) in [6.45, 7) is 3.34. The minimum absolute atomic E-state index is 0.204. The second-order valence-electron chi connectivity index (χ2n) is 5.05. The highest BCUT2D eigenvalue weighted by atomic mass is 32.2. The van der Waals surface area contributed by atoms with Crippen LogP contribution in [0.25, 0.3) is 11.1 Å². The number of sulfone groups is 1. The smallest absolute Gasteiger partial charge is 0.195 e. The summed E-state index contributed by atoms with van der Waals surface area (Å²) in [6, 6.07) is 9.39. The van der Waals surface area contributed by atoms with E-state index in [0.717, 1.165) is 6.08 Å². The van der Waals surface area contributed by atoms with Gasteiger partial charge in [0.2, 0.25) is 0 Å². The summed E-state index contributed by atoms with van der Waals surface area (Å²) in [5.74, 6) is -2.26. The van der Waals surface area contributed by atoms with Gasteiger partial charge in [-0.3, -0.25) is 4.79 Å². The van der Waals surface area contributed by atoms with Crippen molar-refractivity contribution in [3.63, 3.8) is 0 Å². The molecule has 0 saturated heterocycles. The van der Waals surface area contributed by atoms with Crippen LogP contribution < -0.4 is 0 Å². The molecule has 0 aromatic heterocycles. The van der Waals surface area contributed by atoms with Gasteiger partial charge in [-0.25, -0.2) is 12.8 Å². The minimum atomic E-state index is -4.11. The molecule has 0 spiro atoms. The van der Waals surface area contributed by atoms with Gasteiger partial charge in [-0.15, -0.1) is 6.58 Å². The zero-order valence-corrected chi connectivity index (χ0v) is 12.7. The summed E-state index contributed by atoms with van der Waals surface area (Å²) >= 11 is 0. The monoisotopic (exact) mass is 327 g/mol. The number of ketones is 1. The van der Waals surface area contributed by atoms with E-state index >= 15 is 0 Å². The zero-order valence-electron chi connectivity index (χ0n) is 11.8. The van der Waals surface area contributed by atoms with Crippen LogP contribution >= 0.6 is 0 Å². The number of carbonyl (C=O) groups excluding carboxylic acids is 1. The highest BCUT2D eigenvalue weighted by molar-refractivity contribution is 7.91. The predicted molar refractivity (Wildman–Crippen MR) is 82.2 cm³/mol. The molecule has 1 aliphatic rings. The summed E-state index contributed by atoms with van der Waals surface area (Å²) in [7, 11) is -4.11. The molecule has 4 nitrogen and oxygen atoms in total. The predicted octanol–water partition coefficient (Wildman–Crippen LogP) is 2.87. The Morgan fingerprint density at radius 3 is 2.48 bits per heavy atom. The molecule has 2 aromatic rings. The van der Waals surface area contributed by atoms with Crippen molar-refractivity contribution in [3.05, 3.63) is 65.5 Å². The fraction of sp³-hybridized carbons (Fsp3) is 0.0588. The molecule has 1 aliphatic carbocycles. The lowest BCUT2D eigenvalue weighted by Crippen LogP contribution is -2.14. The molecule has 6 heteroatoms. The third-order valence-corrected chi connectivity index (χ3v) is 5.36. The fourth-order valence-corrected chi connectivity index (χ4v) is 4.11. The number of hydrogen-bond acceptors (Lipinski definition) is 4. The molecule has 0 saturated carbocycles. The van der Waals surface area contributed by atoms with Crippen LogP contribution in [0, 0.1) is 17.1 Å². The van der Waals surface area contributed by atoms with E-state index in [-0.39, 0.29) is 11.1 Å². The number of hydrogen-bond donors (Lipinski definition) is 0. The van der Waals surface area contributed by atoms with Gasteiger partial charge >= 0.3 is 0 Å². The van der Waals surface area contributed by atoms with E-state index < -0.39 is 37.6 Å². The van der Waals surface area contributed by atoms with Gasteiger partial charge < -0.3 is 0 Å². The first-order chi connectivity index (χ1) is 10.9. The van der Waals surface area contributed by atoms with Crippen molar-refractivity contribution in [2.24, 2.45) is 0 Å². The summed E-state index contributed by atoms with van der Waals surface area (Å²) in [6.07, 6.45) is 1.12. The lowest BCUT2D eigenvalue weighted by Gasteiger charge is -2.10. The number of benzene rings is 2. The summed E-state index contributed by atoms with van der Waals surface area (Å²) in [5, 5.41) is 9.09. The molecule has 114 valence electrons. The maximum Gasteiger partial charge on any atom is 0.195 e. The number of carbonyl (C=O) groups is 1. The Kier molecular flexibility index (Phi) is 3.38. The van der Waals surface area contributed by atoms with Gasteiger partial charge in [-0.2, -0.15) is 5.26 Å². The van der Waals surface area contributed by atoms with E-state index in [1.807, 2.05) is 0 Å². The number of nitriles is 1. The van der Waals surface area contributed by atoms with Crippen LogP contribution in [0.4, 0.5) is 4.39 Å². The van der Waals surface area contributed by atoms with E-state index in [2.05, 4.69) is 6.58 Å². The molecule has 0 unspecified atom stereocenters. The van der Waals surface area contributed by atoms with Crippen molar-refractivity contribution in [2.45, 2.75) is 4.90 Å². The minimum Gasteiger partial charge on any atom is -0.289 e. The van der Waals surface area contributed by atoms with Gasteiger partial charge in [0.15, 0.2) is 21.4 Å². The molecule has 2 aromatic carbocycles. The molecule has 0 N–H and O–H groups in total. The third kappa shape index (κ3) is 2.09. The lowest BCUT2D eigenvalue weighted by molar-refractivity contribution is 0.104. The standard InChI is InChI=1S/C17H10FNO3S/c1-2-7-23(21,22)17-14-13(8-10(9-19)15(17)18)11-5-3-4-6-12(11)16(14)20/h2-6,8H,1,7H2. The second-order valence-corrected chi connectivity index (χ2v) is 7.02. The molecular formula is C17H10FNO3S. The van der Waals surface area contributed by atoms with E-state index in [1.54, 1.807) is 30.3 Å². The van der Waals surface area contributed by atoms with Crippen LogP contribution in [-0.2, 0) is 9.84 Å². The Bertz CT molecular complexity index is 1020.